The number of hydrogen-bond acceptors (Lipinski definition) is 4. The van der Waals surface area contributed by atoms with Crippen LogP contribution in [0.3, 0.4) is 0 Å². The molecule has 6 nitrogen and oxygen atoms in total. The van der Waals surface area contributed by atoms with Crippen LogP contribution in [0.15, 0.2) is 5.16 Å². The normalized spacial score (nSPS) is 13.1. The average Bonchev–Trinajstić information content (AvgIpc) is 2.45. The van der Waals surface area contributed by atoms with E-state index in [0.717, 1.165) is 0 Å². The van der Waals surface area contributed by atoms with Gasteiger partial charge in [0.15, 0.2) is 0 Å². The summed E-state index contributed by atoms with van der Waals surface area (Å²) in [5.74, 6) is -0.170. The lowest BCUT2D eigenvalue weighted by molar-refractivity contribution is -0.134. The lowest BCUT2D eigenvalue weighted by Gasteiger charge is -2.02. The Morgan fingerprint density at radius 2 is 2.00 bits per heavy atom. The minimum absolute atomic E-state index is 0.170. The number of nitrogens with one attached hydrogen (secondary N) is 1. The van der Waals surface area contributed by atoms with Crippen molar-refractivity contribution in [1.82, 2.24) is 15.2 Å². The van der Waals surface area contributed by atoms with E-state index in [1.807, 2.05) is 0 Å². The van der Waals surface area contributed by atoms with E-state index in [-0.39, 0.29) is 5.82 Å². The van der Waals surface area contributed by atoms with Crippen molar-refractivity contribution >= 4 is 10.0 Å². The molecule has 0 bridgehead atoms. The average molecular weight is 244 g/mol. The van der Waals surface area contributed by atoms with E-state index in [1.54, 1.807) is 0 Å². The smallest absolute Gasteiger partial charge is 0.262 e. The van der Waals surface area contributed by atoms with Crippen molar-refractivity contribution in [2.75, 3.05) is 0 Å². The van der Waals surface area contributed by atoms with Crippen molar-refractivity contribution in [3.05, 3.63) is 5.82 Å². The van der Waals surface area contributed by atoms with Crippen LogP contribution in [0.25, 0.3) is 0 Å². The number of rotatable bonds is 3. The van der Waals surface area contributed by atoms with Crippen LogP contribution in [0.4, 0.5) is 13.2 Å². The molecule has 0 saturated carbocycles. The quantitative estimate of drug-likeness (QED) is 0.777. The Labute approximate surface area is 82.7 Å². The second-order valence-electron chi connectivity index (χ2n) is 2.72. The summed E-state index contributed by atoms with van der Waals surface area (Å²) in [7, 11) is -4.07. The molecule has 0 unspecified atom stereocenters. The molecule has 86 valence electrons. The summed E-state index contributed by atoms with van der Waals surface area (Å²) < 4.78 is 56.6. The first kappa shape index (κ1) is 11.9. The van der Waals surface area contributed by atoms with Gasteiger partial charge in [-0.2, -0.15) is 13.2 Å². The van der Waals surface area contributed by atoms with Gasteiger partial charge in [-0.25, -0.2) is 18.5 Å². The summed E-state index contributed by atoms with van der Waals surface area (Å²) in [6.07, 6.45) is -5.90. The summed E-state index contributed by atoms with van der Waals surface area (Å²) in [6, 6.07) is 0. The first-order valence-electron chi connectivity index (χ1n) is 3.69. The van der Waals surface area contributed by atoms with Crippen LogP contribution in [0.1, 0.15) is 12.2 Å². The number of hydrogen-bond donors (Lipinski definition) is 2. The van der Waals surface area contributed by atoms with Gasteiger partial charge in [-0.1, -0.05) is 0 Å². The molecule has 3 N–H and O–H groups in total. The molecule has 1 heterocycles. The van der Waals surface area contributed by atoms with Gasteiger partial charge in [-0.05, 0) is 0 Å². The molecule has 15 heavy (non-hydrogen) atoms. The maximum atomic E-state index is 11.8. The maximum Gasteiger partial charge on any atom is 0.389 e. The van der Waals surface area contributed by atoms with Gasteiger partial charge >= 0.3 is 6.18 Å². The topological polar surface area (TPSA) is 102 Å². The zero-order chi connectivity index (χ0) is 11.7. The Hall–Kier alpha value is -1.16. The van der Waals surface area contributed by atoms with Gasteiger partial charge in [0.05, 0.1) is 6.42 Å². The number of nitrogens with two attached hydrogens (primary N) is 1. The SMILES string of the molecule is NS(=O)(=O)c1n[nH]c(CCC(F)(F)F)n1. The number of aryl methyl sites for hydroxylation is 1. The fraction of sp³-hybridized carbons (Fsp3) is 0.600. The van der Waals surface area contributed by atoms with Crippen LogP contribution in [0.2, 0.25) is 0 Å². The lowest BCUT2D eigenvalue weighted by atomic mass is 10.3. The highest BCUT2D eigenvalue weighted by Crippen LogP contribution is 2.21. The molecule has 1 aromatic heterocycles. The Kier molecular flexibility index (Phi) is 3.00. The summed E-state index contributed by atoms with van der Waals surface area (Å²) in [5.41, 5.74) is 0. The zero-order valence-corrected chi connectivity index (χ0v) is 8.06. The molecule has 0 spiro atoms. The van der Waals surface area contributed by atoms with Crippen molar-refractivity contribution in [1.29, 1.82) is 0 Å². The van der Waals surface area contributed by atoms with E-state index in [2.05, 4.69) is 20.3 Å². The Morgan fingerprint density at radius 3 is 2.40 bits per heavy atom. The number of sulfonamides is 1. The second kappa shape index (κ2) is 3.77. The maximum absolute atomic E-state index is 11.8. The fourth-order valence-corrected chi connectivity index (χ4v) is 1.19. The van der Waals surface area contributed by atoms with Gasteiger partial charge < -0.3 is 0 Å². The molecule has 0 aliphatic rings. The molecule has 0 aromatic carbocycles. The van der Waals surface area contributed by atoms with Crippen LogP contribution >= 0.6 is 0 Å². The molecule has 10 heteroatoms. The van der Waals surface area contributed by atoms with E-state index >= 15 is 0 Å². The van der Waals surface area contributed by atoms with Gasteiger partial charge in [-0.15, -0.1) is 5.10 Å². The van der Waals surface area contributed by atoms with E-state index in [1.165, 1.54) is 0 Å². The monoisotopic (exact) mass is 244 g/mol. The van der Waals surface area contributed by atoms with Gasteiger partial charge in [0, 0.05) is 6.42 Å². The summed E-state index contributed by atoms with van der Waals surface area (Å²) in [4.78, 5) is 3.30. The van der Waals surface area contributed by atoms with Crippen molar-refractivity contribution in [2.24, 2.45) is 5.14 Å². The minimum Gasteiger partial charge on any atom is -0.262 e. The molecular formula is C5H7F3N4O2S. The van der Waals surface area contributed by atoms with E-state index in [0.29, 0.717) is 0 Å². The van der Waals surface area contributed by atoms with Crippen LogP contribution in [0, 0.1) is 0 Å². The minimum atomic E-state index is -4.32. The predicted molar refractivity (Wildman–Crippen MR) is 42.1 cm³/mol. The van der Waals surface area contributed by atoms with Crippen LogP contribution in [-0.4, -0.2) is 29.8 Å². The Bertz CT molecular complexity index is 437. The second-order valence-corrected chi connectivity index (χ2v) is 4.18. The highest BCUT2D eigenvalue weighted by atomic mass is 32.2. The fourth-order valence-electron chi connectivity index (χ4n) is 0.777. The molecule has 0 atom stereocenters. The van der Waals surface area contributed by atoms with E-state index < -0.39 is 34.2 Å². The van der Waals surface area contributed by atoms with Gasteiger partial charge in [-0.3, -0.25) is 5.10 Å². The number of aromatic nitrogens is 3. The first-order valence-corrected chi connectivity index (χ1v) is 5.24. The molecule has 0 amide bonds. The molecule has 0 radical (unpaired) electrons. The number of aromatic amines is 1. The Balaban J connectivity index is 2.70. The molecular weight excluding hydrogens is 237 g/mol. The lowest BCUT2D eigenvalue weighted by Crippen LogP contribution is -2.14. The van der Waals surface area contributed by atoms with Gasteiger partial charge in [0.25, 0.3) is 15.2 Å². The standard InChI is InChI=1S/C5H7F3N4O2S/c6-5(7,8)2-1-3-10-4(12-11-3)15(9,13)14/h1-2H2,(H2,9,13,14)(H,10,11,12). The number of H-pyrrole nitrogens is 1. The summed E-state index contributed by atoms with van der Waals surface area (Å²) >= 11 is 0. The van der Waals surface area contributed by atoms with Crippen molar-refractivity contribution in [3.8, 4) is 0 Å². The zero-order valence-electron chi connectivity index (χ0n) is 7.24. The van der Waals surface area contributed by atoms with Crippen molar-refractivity contribution < 1.29 is 21.6 Å². The Morgan fingerprint density at radius 1 is 1.40 bits per heavy atom. The van der Waals surface area contributed by atoms with Gasteiger partial charge in [0.1, 0.15) is 5.82 Å². The summed E-state index contributed by atoms with van der Waals surface area (Å²) in [5, 5.41) is 9.18. The first-order chi connectivity index (χ1) is 6.68. The largest absolute Gasteiger partial charge is 0.389 e. The van der Waals surface area contributed by atoms with Gasteiger partial charge in [0.2, 0.25) is 0 Å². The van der Waals surface area contributed by atoms with E-state index in [4.69, 9.17) is 0 Å². The van der Waals surface area contributed by atoms with Crippen molar-refractivity contribution in [2.45, 2.75) is 24.2 Å². The highest BCUT2D eigenvalue weighted by molar-refractivity contribution is 7.89. The molecule has 1 rings (SSSR count). The summed E-state index contributed by atoms with van der Waals surface area (Å²) in [6.45, 7) is 0. The molecule has 1 aromatic rings. The highest BCUT2D eigenvalue weighted by Gasteiger charge is 2.27. The number of nitrogens with zero attached hydrogens (tertiary/aromatic N) is 2. The van der Waals surface area contributed by atoms with Crippen molar-refractivity contribution in [3.63, 3.8) is 0 Å². The van der Waals surface area contributed by atoms with Crippen LogP contribution in [-0.2, 0) is 16.4 Å². The van der Waals surface area contributed by atoms with E-state index in [9.17, 15) is 21.6 Å². The number of halogens is 3. The van der Waals surface area contributed by atoms with Crippen LogP contribution in [0.5, 0.6) is 0 Å². The molecule has 0 aliphatic heterocycles. The predicted octanol–water partition coefficient (Wildman–Crippen LogP) is -0.0530. The molecule has 0 saturated heterocycles. The third kappa shape index (κ3) is 3.83. The third-order valence-corrected chi connectivity index (χ3v) is 2.10. The number of alkyl halides is 3. The third-order valence-electron chi connectivity index (χ3n) is 1.41. The molecule has 0 aliphatic carbocycles. The van der Waals surface area contributed by atoms with Crippen LogP contribution < -0.4 is 5.14 Å². The molecule has 0 fully saturated rings. The number of primary sulfonamides is 1.